The number of nitrogens with zero attached hydrogens (tertiary/aromatic N) is 3. The lowest BCUT2D eigenvalue weighted by Crippen LogP contribution is -2.56. The molecule has 2 aromatic rings. The second kappa shape index (κ2) is 6.13. The normalized spacial score (nSPS) is 22.4. The van der Waals surface area contributed by atoms with Gasteiger partial charge in [-0.2, -0.15) is 0 Å². The number of carbonyl (C=O) groups excluding carboxylic acids is 1. The van der Waals surface area contributed by atoms with Crippen molar-refractivity contribution in [3.63, 3.8) is 0 Å². The van der Waals surface area contributed by atoms with Crippen LogP contribution in [0, 0.1) is 5.92 Å². The van der Waals surface area contributed by atoms with Crippen LogP contribution in [0.15, 0.2) is 30.5 Å². The average Bonchev–Trinajstić information content (AvgIpc) is 2.87. The summed E-state index contributed by atoms with van der Waals surface area (Å²) in [7, 11) is 1.74. The van der Waals surface area contributed by atoms with Gasteiger partial charge in [0.2, 0.25) is 5.91 Å². The molecule has 1 aromatic heterocycles. The van der Waals surface area contributed by atoms with Crippen LogP contribution in [-0.4, -0.2) is 52.5 Å². The number of pyridine rings is 1. The molecule has 1 atom stereocenters. The van der Waals surface area contributed by atoms with E-state index in [1.165, 1.54) is 0 Å². The first-order chi connectivity index (χ1) is 12.4. The fourth-order valence-corrected chi connectivity index (χ4v) is 4.67. The van der Waals surface area contributed by atoms with Gasteiger partial charge in [0.05, 0.1) is 17.0 Å². The number of carboxylic acids is 1. The third-order valence-corrected chi connectivity index (χ3v) is 6.25. The molecule has 4 rings (SSSR count). The molecule has 3 heterocycles. The van der Waals surface area contributed by atoms with Gasteiger partial charge in [-0.1, -0.05) is 11.6 Å². The molecule has 1 amide bonds. The molecule has 6 nitrogen and oxygen atoms in total. The lowest BCUT2D eigenvalue weighted by molar-refractivity contribution is -0.145. The van der Waals surface area contributed by atoms with E-state index in [1.54, 1.807) is 18.1 Å². The summed E-state index contributed by atoms with van der Waals surface area (Å²) in [6.45, 7) is 1.40. The molecule has 0 bridgehead atoms. The maximum absolute atomic E-state index is 12.1. The quantitative estimate of drug-likeness (QED) is 0.876. The van der Waals surface area contributed by atoms with Crippen LogP contribution < -0.4 is 4.90 Å². The Morgan fingerprint density at radius 1 is 1.31 bits per heavy atom. The molecule has 0 aliphatic carbocycles. The van der Waals surface area contributed by atoms with Crippen LogP contribution >= 0.6 is 11.6 Å². The number of aliphatic carboxylic acids is 1. The Bertz CT molecular complexity index is 893. The maximum Gasteiger partial charge on any atom is 0.309 e. The van der Waals surface area contributed by atoms with Crippen LogP contribution in [0.1, 0.15) is 19.3 Å². The fourth-order valence-electron chi connectivity index (χ4n) is 4.50. The molecular formula is C19H20ClN3O3. The Morgan fingerprint density at radius 3 is 2.73 bits per heavy atom. The van der Waals surface area contributed by atoms with Crippen LogP contribution in [0.4, 0.5) is 5.69 Å². The third-order valence-electron chi connectivity index (χ3n) is 6.02. The lowest BCUT2D eigenvalue weighted by Gasteiger charge is -2.46. The van der Waals surface area contributed by atoms with Crippen LogP contribution in [0.2, 0.25) is 5.02 Å². The molecule has 1 aromatic carbocycles. The molecule has 26 heavy (non-hydrogen) atoms. The minimum atomic E-state index is -0.875. The first-order valence-corrected chi connectivity index (χ1v) is 9.09. The zero-order chi connectivity index (χ0) is 18.5. The van der Waals surface area contributed by atoms with E-state index in [0.717, 1.165) is 16.6 Å². The van der Waals surface area contributed by atoms with Crippen molar-refractivity contribution in [1.29, 1.82) is 0 Å². The Balaban J connectivity index is 1.63. The number of fused-ring (bicyclic) bond motifs is 1. The minimum absolute atomic E-state index is 0.0742. The largest absolute Gasteiger partial charge is 0.481 e. The molecule has 0 radical (unpaired) electrons. The molecule has 2 fully saturated rings. The van der Waals surface area contributed by atoms with Gasteiger partial charge in [0, 0.05) is 48.9 Å². The van der Waals surface area contributed by atoms with Gasteiger partial charge >= 0.3 is 5.97 Å². The molecule has 2 aliphatic rings. The second-order valence-corrected chi connectivity index (χ2v) is 7.57. The molecule has 136 valence electrons. The summed E-state index contributed by atoms with van der Waals surface area (Å²) >= 11 is 6.07. The average molecular weight is 374 g/mol. The molecule has 1 unspecified atom stereocenters. The number of aromatic nitrogens is 1. The van der Waals surface area contributed by atoms with Crippen molar-refractivity contribution >= 4 is 40.1 Å². The predicted octanol–water partition coefficient (Wildman–Crippen LogP) is 2.79. The molecular weight excluding hydrogens is 354 g/mol. The van der Waals surface area contributed by atoms with E-state index in [-0.39, 0.29) is 12.3 Å². The molecule has 2 saturated heterocycles. The Morgan fingerprint density at radius 2 is 2.04 bits per heavy atom. The van der Waals surface area contributed by atoms with Crippen molar-refractivity contribution in [2.24, 2.45) is 5.92 Å². The number of rotatable bonds is 2. The summed E-state index contributed by atoms with van der Waals surface area (Å²) in [5, 5.41) is 11.3. The Hall–Kier alpha value is -2.34. The number of halogens is 1. The summed E-state index contributed by atoms with van der Waals surface area (Å²) < 4.78 is 0. The standard InChI is InChI=1S/C19H20ClN3O3/c1-22-17(24)11-14(18(25)26)19(22)5-8-23(9-6-19)16-4-7-21-15-10-12(20)2-3-13(15)16/h2-4,7,10,14H,5-6,8-9,11H2,1H3,(H,25,26). The number of carboxylic acid groups (broad SMARTS) is 1. The molecule has 7 heteroatoms. The number of hydrogen-bond donors (Lipinski definition) is 1. The van der Waals surface area contributed by atoms with Crippen LogP contribution in [0.25, 0.3) is 10.9 Å². The van der Waals surface area contributed by atoms with Gasteiger partial charge < -0.3 is 14.9 Å². The zero-order valence-electron chi connectivity index (χ0n) is 14.5. The van der Waals surface area contributed by atoms with Crippen molar-refractivity contribution in [1.82, 2.24) is 9.88 Å². The number of amides is 1. The van der Waals surface area contributed by atoms with Gasteiger partial charge in [-0.25, -0.2) is 0 Å². The van der Waals surface area contributed by atoms with Crippen LogP contribution in [-0.2, 0) is 9.59 Å². The number of hydrogen-bond acceptors (Lipinski definition) is 4. The van der Waals surface area contributed by atoms with E-state index in [1.807, 2.05) is 24.3 Å². The first kappa shape index (κ1) is 17.1. The van der Waals surface area contributed by atoms with Crippen LogP contribution in [0.3, 0.4) is 0 Å². The summed E-state index contributed by atoms with van der Waals surface area (Å²) in [6.07, 6.45) is 3.15. The highest BCUT2D eigenvalue weighted by Gasteiger charge is 2.55. The summed E-state index contributed by atoms with van der Waals surface area (Å²) in [5.41, 5.74) is 1.33. The van der Waals surface area contributed by atoms with Gasteiger partial charge in [-0.15, -0.1) is 0 Å². The van der Waals surface area contributed by atoms with E-state index in [2.05, 4.69) is 9.88 Å². The van der Waals surface area contributed by atoms with Crippen LogP contribution in [0.5, 0.6) is 0 Å². The number of piperidine rings is 1. The highest BCUT2D eigenvalue weighted by molar-refractivity contribution is 6.31. The van der Waals surface area contributed by atoms with Crippen molar-refractivity contribution in [3.8, 4) is 0 Å². The van der Waals surface area contributed by atoms with Gasteiger partial charge in [-0.05, 0) is 37.1 Å². The number of carbonyl (C=O) groups is 2. The number of benzene rings is 1. The van der Waals surface area contributed by atoms with Gasteiger partial charge in [0.15, 0.2) is 0 Å². The fraction of sp³-hybridized carbons (Fsp3) is 0.421. The Kier molecular flexibility index (Phi) is 4.03. The van der Waals surface area contributed by atoms with Crippen molar-refractivity contribution in [3.05, 3.63) is 35.5 Å². The zero-order valence-corrected chi connectivity index (χ0v) is 15.2. The SMILES string of the molecule is CN1C(=O)CC(C(=O)O)C12CCN(c1ccnc3cc(Cl)ccc13)CC2. The summed E-state index contributed by atoms with van der Waals surface area (Å²) in [4.78, 5) is 32.2. The van der Waals surface area contributed by atoms with E-state index in [4.69, 9.17) is 11.6 Å². The molecule has 1 N–H and O–H groups in total. The van der Waals surface area contributed by atoms with Crippen molar-refractivity contribution in [2.45, 2.75) is 24.8 Å². The highest BCUT2D eigenvalue weighted by atomic mass is 35.5. The molecule has 1 spiro atoms. The first-order valence-electron chi connectivity index (χ1n) is 8.71. The van der Waals surface area contributed by atoms with E-state index < -0.39 is 17.4 Å². The van der Waals surface area contributed by atoms with Crippen molar-refractivity contribution in [2.75, 3.05) is 25.0 Å². The third kappa shape index (κ3) is 2.51. The lowest BCUT2D eigenvalue weighted by atomic mass is 9.77. The monoisotopic (exact) mass is 373 g/mol. The minimum Gasteiger partial charge on any atom is -0.481 e. The van der Waals surface area contributed by atoms with E-state index >= 15 is 0 Å². The molecule has 0 saturated carbocycles. The van der Waals surface area contributed by atoms with Crippen molar-refractivity contribution < 1.29 is 14.7 Å². The summed E-state index contributed by atoms with van der Waals surface area (Å²) in [5.74, 6) is -1.58. The number of likely N-dealkylation sites (tertiary alicyclic amines) is 1. The summed E-state index contributed by atoms with van der Waals surface area (Å²) in [6, 6.07) is 7.64. The second-order valence-electron chi connectivity index (χ2n) is 7.13. The highest BCUT2D eigenvalue weighted by Crippen LogP contribution is 2.44. The van der Waals surface area contributed by atoms with Gasteiger partial charge in [-0.3, -0.25) is 14.6 Å². The van der Waals surface area contributed by atoms with Gasteiger partial charge in [0.1, 0.15) is 0 Å². The smallest absolute Gasteiger partial charge is 0.309 e. The number of anilines is 1. The maximum atomic E-state index is 12.1. The van der Waals surface area contributed by atoms with E-state index in [0.29, 0.717) is 31.0 Å². The Labute approximate surface area is 156 Å². The predicted molar refractivity (Wildman–Crippen MR) is 99.4 cm³/mol. The molecule has 2 aliphatic heterocycles. The van der Waals surface area contributed by atoms with E-state index in [9.17, 15) is 14.7 Å². The van der Waals surface area contributed by atoms with Gasteiger partial charge in [0.25, 0.3) is 0 Å². The topological polar surface area (TPSA) is 73.7 Å².